The van der Waals surface area contributed by atoms with Gasteiger partial charge in [0, 0.05) is 18.9 Å². The van der Waals surface area contributed by atoms with Crippen molar-refractivity contribution in [1.82, 2.24) is 15.1 Å². The van der Waals surface area contributed by atoms with Crippen molar-refractivity contribution in [2.75, 3.05) is 7.11 Å². The summed E-state index contributed by atoms with van der Waals surface area (Å²) >= 11 is 0. The van der Waals surface area contributed by atoms with Crippen molar-refractivity contribution < 1.29 is 14.3 Å². The third-order valence-electron chi connectivity index (χ3n) is 4.25. The summed E-state index contributed by atoms with van der Waals surface area (Å²) in [5, 5.41) is 7.58. The van der Waals surface area contributed by atoms with Gasteiger partial charge in [-0.25, -0.2) is 9.48 Å². The Morgan fingerprint density at radius 2 is 1.70 bits per heavy atom. The minimum atomic E-state index is -0.873. The number of aromatic nitrogens is 2. The number of amides is 1. The number of aryl methyl sites for hydroxylation is 1. The molecule has 1 aromatic heterocycles. The molecule has 1 N–H and O–H groups in total. The highest BCUT2D eigenvalue weighted by Crippen LogP contribution is 2.14. The number of nitrogens with one attached hydrogen (secondary N) is 1. The molecule has 0 bridgehead atoms. The number of esters is 1. The number of benzene rings is 2. The first-order chi connectivity index (χ1) is 13.0. The molecule has 7 nitrogen and oxygen atoms in total. The molecule has 1 amide bonds. The first-order valence-corrected chi connectivity index (χ1v) is 8.40. The number of methoxy groups -OCH3 is 1. The van der Waals surface area contributed by atoms with Gasteiger partial charge in [0.1, 0.15) is 6.04 Å². The van der Waals surface area contributed by atoms with E-state index in [4.69, 9.17) is 4.74 Å². The Hall–Kier alpha value is -3.48. The molecule has 2 aromatic carbocycles. The van der Waals surface area contributed by atoms with Crippen molar-refractivity contribution in [2.24, 2.45) is 7.05 Å². The summed E-state index contributed by atoms with van der Waals surface area (Å²) in [4.78, 5) is 37.2. The Bertz CT molecular complexity index is 1040. The Morgan fingerprint density at radius 1 is 1.07 bits per heavy atom. The summed E-state index contributed by atoms with van der Waals surface area (Å²) in [6.45, 7) is 0. The molecular weight excluding hydrogens is 346 g/mol. The zero-order valence-corrected chi connectivity index (χ0v) is 15.0. The Morgan fingerprint density at radius 3 is 2.37 bits per heavy atom. The fourth-order valence-corrected chi connectivity index (χ4v) is 2.88. The lowest BCUT2D eigenvalue weighted by atomic mass is 10.1. The largest absolute Gasteiger partial charge is 0.467 e. The maximum absolute atomic E-state index is 12.8. The third kappa shape index (κ3) is 3.87. The van der Waals surface area contributed by atoms with Gasteiger partial charge in [-0.2, -0.15) is 5.10 Å². The minimum Gasteiger partial charge on any atom is -0.467 e. The maximum Gasteiger partial charge on any atom is 0.328 e. The van der Waals surface area contributed by atoms with Crippen molar-refractivity contribution in [3.63, 3.8) is 0 Å². The average molecular weight is 365 g/mol. The number of rotatable bonds is 5. The molecule has 138 valence electrons. The van der Waals surface area contributed by atoms with E-state index in [0.29, 0.717) is 10.8 Å². The van der Waals surface area contributed by atoms with Gasteiger partial charge < -0.3 is 10.1 Å². The first-order valence-electron chi connectivity index (χ1n) is 8.40. The normalized spacial score (nSPS) is 11.8. The number of ether oxygens (including phenoxy) is 1. The van der Waals surface area contributed by atoms with Gasteiger partial charge in [0.2, 0.25) is 0 Å². The topological polar surface area (TPSA) is 90.3 Å². The summed E-state index contributed by atoms with van der Waals surface area (Å²) in [7, 11) is 2.75. The van der Waals surface area contributed by atoms with Crippen LogP contribution in [-0.2, 0) is 23.0 Å². The molecular formula is C20H19N3O4. The predicted molar refractivity (Wildman–Crippen MR) is 100 cm³/mol. The van der Waals surface area contributed by atoms with Crippen molar-refractivity contribution in [1.29, 1.82) is 0 Å². The highest BCUT2D eigenvalue weighted by molar-refractivity contribution is 6.05. The van der Waals surface area contributed by atoms with Gasteiger partial charge >= 0.3 is 5.97 Å². The molecule has 0 aliphatic rings. The zero-order chi connectivity index (χ0) is 19.4. The fraction of sp³-hybridized carbons (Fsp3) is 0.200. The molecule has 3 aromatic rings. The van der Waals surface area contributed by atoms with Crippen LogP contribution in [0, 0.1) is 0 Å². The van der Waals surface area contributed by atoms with E-state index in [2.05, 4.69) is 10.4 Å². The predicted octanol–water partition coefficient (Wildman–Crippen LogP) is 1.45. The Kier molecular flexibility index (Phi) is 5.30. The van der Waals surface area contributed by atoms with Crippen molar-refractivity contribution in [2.45, 2.75) is 12.5 Å². The number of hydrogen-bond donors (Lipinski definition) is 1. The van der Waals surface area contributed by atoms with Gasteiger partial charge in [0.15, 0.2) is 5.69 Å². The van der Waals surface area contributed by atoms with E-state index in [1.54, 1.807) is 24.3 Å². The fourth-order valence-electron chi connectivity index (χ4n) is 2.88. The lowest BCUT2D eigenvalue weighted by Gasteiger charge is -2.17. The zero-order valence-electron chi connectivity index (χ0n) is 15.0. The van der Waals surface area contributed by atoms with Crippen molar-refractivity contribution in [3.05, 3.63) is 76.2 Å². The van der Waals surface area contributed by atoms with Crippen molar-refractivity contribution in [3.8, 4) is 0 Å². The summed E-state index contributed by atoms with van der Waals surface area (Å²) < 4.78 is 5.94. The summed E-state index contributed by atoms with van der Waals surface area (Å²) in [5.74, 6) is -1.10. The molecule has 0 radical (unpaired) electrons. The van der Waals surface area contributed by atoms with Crippen molar-refractivity contribution >= 4 is 22.6 Å². The Balaban J connectivity index is 1.94. The van der Waals surface area contributed by atoms with Gasteiger partial charge in [-0.15, -0.1) is 0 Å². The van der Waals surface area contributed by atoms with Gasteiger partial charge in [-0.1, -0.05) is 48.5 Å². The van der Waals surface area contributed by atoms with E-state index in [0.717, 1.165) is 10.2 Å². The number of hydrogen-bond acceptors (Lipinski definition) is 5. The van der Waals surface area contributed by atoms with Crippen LogP contribution in [0.15, 0.2) is 59.4 Å². The van der Waals surface area contributed by atoms with E-state index in [1.807, 2.05) is 30.3 Å². The first kappa shape index (κ1) is 18.3. The maximum atomic E-state index is 12.8. The SMILES string of the molecule is COC(=O)[C@@H](Cc1ccccc1)NC(=O)c1nn(C)c(=O)c2ccccc12. The van der Waals surface area contributed by atoms with Gasteiger partial charge in [0.25, 0.3) is 11.5 Å². The highest BCUT2D eigenvalue weighted by atomic mass is 16.5. The molecule has 0 spiro atoms. The van der Waals surface area contributed by atoms with Crippen LogP contribution in [0.25, 0.3) is 10.8 Å². The number of carbonyl (C=O) groups excluding carboxylic acids is 2. The molecule has 0 unspecified atom stereocenters. The summed E-state index contributed by atoms with van der Waals surface area (Å²) in [5.41, 5.74) is 0.664. The molecule has 0 aliphatic carbocycles. The van der Waals surface area contributed by atoms with E-state index in [1.165, 1.54) is 14.2 Å². The smallest absolute Gasteiger partial charge is 0.328 e. The second-order valence-corrected chi connectivity index (χ2v) is 6.06. The standard InChI is InChI=1S/C20H19N3O4/c1-23-19(25)15-11-7-6-10-14(15)17(22-23)18(24)21-16(20(26)27-2)12-13-8-4-3-5-9-13/h3-11,16H,12H2,1-2H3,(H,21,24)/t16-/m1/s1. The highest BCUT2D eigenvalue weighted by Gasteiger charge is 2.25. The second-order valence-electron chi connectivity index (χ2n) is 6.06. The number of nitrogens with zero attached hydrogens (tertiary/aromatic N) is 2. The third-order valence-corrected chi connectivity index (χ3v) is 4.25. The minimum absolute atomic E-state index is 0.0784. The van der Waals surface area contributed by atoms with Gasteiger partial charge in [-0.3, -0.25) is 9.59 Å². The van der Waals surface area contributed by atoms with E-state index in [-0.39, 0.29) is 17.7 Å². The monoisotopic (exact) mass is 365 g/mol. The molecule has 0 saturated carbocycles. The quantitative estimate of drug-likeness (QED) is 0.691. The molecule has 0 saturated heterocycles. The van der Waals surface area contributed by atoms with Crippen LogP contribution >= 0.6 is 0 Å². The van der Waals surface area contributed by atoms with E-state index in [9.17, 15) is 14.4 Å². The van der Waals surface area contributed by atoms with Gasteiger partial charge in [0.05, 0.1) is 12.5 Å². The summed E-state index contributed by atoms with van der Waals surface area (Å²) in [6, 6.07) is 15.2. The van der Waals surface area contributed by atoms with E-state index < -0.39 is 17.9 Å². The average Bonchev–Trinajstić information content (AvgIpc) is 2.70. The molecule has 1 atom stereocenters. The van der Waals surface area contributed by atoms with Crippen LogP contribution in [-0.4, -0.2) is 34.8 Å². The summed E-state index contributed by atoms with van der Waals surface area (Å²) in [6.07, 6.45) is 0.281. The van der Waals surface area contributed by atoms with Crippen LogP contribution in [0.3, 0.4) is 0 Å². The molecule has 0 aliphatic heterocycles. The van der Waals surface area contributed by atoms with Crippen LogP contribution in [0.2, 0.25) is 0 Å². The van der Waals surface area contributed by atoms with Gasteiger partial charge in [-0.05, 0) is 11.6 Å². The molecule has 1 heterocycles. The van der Waals surface area contributed by atoms with Crippen LogP contribution < -0.4 is 10.9 Å². The van der Waals surface area contributed by atoms with Crippen LogP contribution in [0.1, 0.15) is 16.1 Å². The molecule has 7 heteroatoms. The molecule has 3 rings (SSSR count). The van der Waals surface area contributed by atoms with Crippen LogP contribution in [0.4, 0.5) is 0 Å². The molecule has 0 fully saturated rings. The molecule has 27 heavy (non-hydrogen) atoms. The van der Waals surface area contributed by atoms with E-state index >= 15 is 0 Å². The lowest BCUT2D eigenvalue weighted by molar-refractivity contribution is -0.142. The number of carbonyl (C=O) groups is 2. The lowest BCUT2D eigenvalue weighted by Crippen LogP contribution is -2.44. The van der Waals surface area contributed by atoms with Crippen LogP contribution in [0.5, 0.6) is 0 Å². The number of fused-ring (bicyclic) bond motifs is 1. The Labute approximate surface area is 155 Å². The second kappa shape index (κ2) is 7.82.